The van der Waals surface area contributed by atoms with Crippen LogP contribution in [0.2, 0.25) is 0 Å². The number of hydrogen-bond donors (Lipinski definition) is 1. The van der Waals surface area contributed by atoms with Gasteiger partial charge in [0.15, 0.2) is 11.6 Å². The molecule has 0 radical (unpaired) electrons. The lowest BCUT2D eigenvalue weighted by atomic mass is 10.0. The van der Waals surface area contributed by atoms with Crippen LogP contribution in [-0.2, 0) is 10.0 Å². The van der Waals surface area contributed by atoms with Gasteiger partial charge in [-0.1, -0.05) is 6.07 Å². The topological polar surface area (TPSA) is 89.0 Å². The Balaban J connectivity index is 1.74. The lowest BCUT2D eigenvalue weighted by Crippen LogP contribution is -2.16. The highest BCUT2D eigenvalue weighted by Gasteiger charge is 2.25. The minimum Gasteiger partial charge on any atom is -0.288 e. The van der Waals surface area contributed by atoms with E-state index >= 15 is 4.39 Å². The minimum absolute atomic E-state index is 0.0593. The summed E-state index contributed by atoms with van der Waals surface area (Å²) in [5.74, 6) is -4.38. The molecule has 0 saturated heterocycles. The Morgan fingerprint density at radius 2 is 1.61 bits per heavy atom. The minimum atomic E-state index is -4.39. The van der Waals surface area contributed by atoms with Gasteiger partial charge in [0.1, 0.15) is 11.6 Å². The van der Waals surface area contributed by atoms with Crippen molar-refractivity contribution >= 4 is 32.5 Å². The van der Waals surface area contributed by atoms with Gasteiger partial charge in [-0.2, -0.15) is 0 Å². The van der Waals surface area contributed by atoms with Crippen LogP contribution in [0.4, 0.5) is 18.9 Å². The summed E-state index contributed by atoms with van der Waals surface area (Å²) in [5.41, 5.74) is -0.832. The normalized spacial score (nSPS) is 11.5. The Morgan fingerprint density at radius 1 is 0.871 bits per heavy atom. The monoisotopic (exact) mass is 443 g/mol. The van der Waals surface area contributed by atoms with E-state index in [1.165, 1.54) is 36.7 Å². The van der Waals surface area contributed by atoms with Gasteiger partial charge in [0, 0.05) is 18.0 Å². The van der Waals surface area contributed by atoms with Crippen LogP contribution in [0.25, 0.3) is 11.0 Å². The van der Waals surface area contributed by atoms with Crippen molar-refractivity contribution < 1.29 is 26.4 Å². The molecule has 1 heterocycles. The predicted octanol–water partition coefficient (Wildman–Crippen LogP) is 4.08. The maximum Gasteiger partial charge on any atom is 0.262 e. The first-order chi connectivity index (χ1) is 14.8. The smallest absolute Gasteiger partial charge is 0.262 e. The number of nitrogens with zero attached hydrogens (tertiary/aromatic N) is 2. The summed E-state index contributed by atoms with van der Waals surface area (Å²) < 4.78 is 69.6. The van der Waals surface area contributed by atoms with Crippen molar-refractivity contribution in [3.05, 3.63) is 95.6 Å². The quantitative estimate of drug-likeness (QED) is 0.470. The van der Waals surface area contributed by atoms with Crippen LogP contribution in [0.3, 0.4) is 0 Å². The highest BCUT2D eigenvalue weighted by Crippen LogP contribution is 2.27. The second kappa shape index (κ2) is 7.80. The molecule has 0 atom stereocenters. The molecule has 0 amide bonds. The molecule has 156 valence electrons. The highest BCUT2D eigenvalue weighted by molar-refractivity contribution is 7.92. The molecule has 0 spiro atoms. The van der Waals surface area contributed by atoms with Crippen LogP contribution in [0.5, 0.6) is 0 Å². The molecule has 0 fully saturated rings. The van der Waals surface area contributed by atoms with Crippen molar-refractivity contribution in [1.29, 1.82) is 0 Å². The molecule has 0 saturated carbocycles. The molecule has 1 aromatic heterocycles. The first kappa shape index (κ1) is 20.5. The molecular formula is C21H12F3N3O3S. The zero-order valence-corrected chi connectivity index (χ0v) is 16.3. The summed E-state index contributed by atoms with van der Waals surface area (Å²) in [5, 5.41) is 0. The maximum absolute atomic E-state index is 15.0. The fourth-order valence-electron chi connectivity index (χ4n) is 2.93. The third-order valence-electron chi connectivity index (χ3n) is 4.40. The summed E-state index contributed by atoms with van der Waals surface area (Å²) >= 11 is 0. The van der Waals surface area contributed by atoms with E-state index in [-0.39, 0.29) is 5.56 Å². The molecule has 0 unspecified atom stereocenters. The van der Waals surface area contributed by atoms with Crippen LogP contribution in [-0.4, -0.2) is 24.2 Å². The van der Waals surface area contributed by atoms with E-state index in [2.05, 4.69) is 9.97 Å². The standard InChI is InChI=1S/C21H12F3N3O3S/c22-13-2-1-3-14(11-13)31(29,30)27-17-7-5-15(23)19(20(17)24)21(28)12-4-6-16-18(10-12)26-9-8-25-16/h1-11,27H. The number of fused-ring (bicyclic) bond motifs is 1. The first-order valence-corrected chi connectivity index (χ1v) is 10.3. The van der Waals surface area contributed by atoms with E-state index < -0.39 is 49.4 Å². The Kier molecular flexibility index (Phi) is 5.15. The molecule has 0 bridgehead atoms. The summed E-state index contributed by atoms with van der Waals surface area (Å²) in [6, 6.07) is 9.80. The van der Waals surface area contributed by atoms with Gasteiger partial charge in [-0.25, -0.2) is 21.6 Å². The van der Waals surface area contributed by atoms with E-state index in [1.54, 1.807) is 0 Å². The van der Waals surface area contributed by atoms with E-state index in [0.717, 1.165) is 30.3 Å². The van der Waals surface area contributed by atoms with Crippen LogP contribution in [0, 0.1) is 17.5 Å². The van der Waals surface area contributed by atoms with Crippen LogP contribution >= 0.6 is 0 Å². The van der Waals surface area contributed by atoms with Crippen molar-refractivity contribution in [2.75, 3.05) is 4.72 Å². The number of carbonyl (C=O) groups excluding carboxylic acids is 1. The van der Waals surface area contributed by atoms with Crippen molar-refractivity contribution in [2.24, 2.45) is 0 Å². The average Bonchev–Trinajstić information content (AvgIpc) is 2.75. The van der Waals surface area contributed by atoms with Gasteiger partial charge in [-0.3, -0.25) is 19.5 Å². The third-order valence-corrected chi connectivity index (χ3v) is 5.76. The number of nitrogens with one attached hydrogen (secondary N) is 1. The lowest BCUT2D eigenvalue weighted by Gasteiger charge is -2.12. The van der Waals surface area contributed by atoms with E-state index in [9.17, 15) is 22.0 Å². The summed E-state index contributed by atoms with van der Waals surface area (Å²) in [4.78, 5) is 20.4. The Hall–Kier alpha value is -3.79. The molecule has 6 nitrogen and oxygen atoms in total. The number of rotatable bonds is 5. The van der Waals surface area contributed by atoms with Gasteiger partial charge in [0.2, 0.25) is 0 Å². The Morgan fingerprint density at radius 3 is 2.35 bits per heavy atom. The number of aromatic nitrogens is 2. The fourth-order valence-corrected chi connectivity index (χ4v) is 4.02. The molecule has 10 heteroatoms. The average molecular weight is 443 g/mol. The van der Waals surface area contributed by atoms with Crippen molar-refractivity contribution in [3.63, 3.8) is 0 Å². The lowest BCUT2D eigenvalue weighted by molar-refractivity contribution is 0.103. The van der Waals surface area contributed by atoms with Gasteiger partial charge in [-0.15, -0.1) is 0 Å². The predicted molar refractivity (Wildman–Crippen MR) is 107 cm³/mol. The Labute approximate surface area is 174 Å². The number of ketones is 1. The highest BCUT2D eigenvalue weighted by atomic mass is 32.2. The van der Waals surface area contributed by atoms with E-state index in [0.29, 0.717) is 11.0 Å². The number of sulfonamides is 1. The molecule has 31 heavy (non-hydrogen) atoms. The molecular weight excluding hydrogens is 431 g/mol. The zero-order chi connectivity index (χ0) is 22.2. The zero-order valence-electron chi connectivity index (χ0n) is 15.5. The number of hydrogen-bond acceptors (Lipinski definition) is 5. The van der Waals surface area contributed by atoms with Crippen LogP contribution < -0.4 is 4.72 Å². The van der Waals surface area contributed by atoms with E-state index in [1.807, 2.05) is 4.72 Å². The summed E-state index contributed by atoms with van der Waals surface area (Å²) in [6.45, 7) is 0. The van der Waals surface area contributed by atoms with Gasteiger partial charge < -0.3 is 0 Å². The molecule has 4 aromatic rings. The van der Waals surface area contributed by atoms with Crippen molar-refractivity contribution in [2.45, 2.75) is 4.90 Å². The number of anilines is 1. The van der Waals surface area contributed by atoms with Gasteiger partial charge in [-0.05, 0) is 48.5 Å². The molecule has 3 aromatic carbocycles. The van der Waals surface area contributed by atoms with Crippen LogP contribution in [0.1, 0.15) is 15.9 Å². The van der Waals surface area contributed by atoms with Gasteiger partial charge in [0.05, 0.1) is 27.2 Å². The summed E-state index contributed by atoms with van der Waals surface area (Å²) in [6.07, 6.45) is 2.86. The van der Waals surface area contributed by atoms with Gasteiger partial charge >= 0.3 is 0 Å². The number of carbonyl (C=O) groups is 1. The number of halogens is 3. The third kappa shape index (κ3) is 3.97. The molecule has 4 rings (SSSR count). The fraction of sp³-hybridized carbons (Fsp3) is 0. The second-order valence-corrected chi connectivity index (χ2v) is 8.12. The maximum atomic E-state index is 15.0. The number of benzene rings is 3. The molecule has 1 N–H and O–H groups in total. The second-order valence-electron chi connectivity index (χ2n) is 6.44. The summed E-state index contributed by atoms with van der Waals surface area (Å²) in [7, 11) is -4.39. The largest absolute Gasteiger partial charge is 0.288 e. The SMILES string of the molecule is O=C(c1ccc2nccnc2c1)c1c(F)ccc(NS(=O)(=O)c2cccc(F)c2)c1F. The molecule has 0 aliphatic rings. The van der Waals surface area contributed by atoms with Crippen LogP contribution in [0.15, 0.2) is 71.9 Å². The van der Waals surface area contributed by atoms with Gasteiger partial charge in [0.25, 0.3) is 10.0 Å². The van der Waals surface area contributed by atoms with Crippen molar-refractivity contribution in [1.82, 2.24) is 9.97 Å². The molecule has 0 aliphatic carbocycles. The van der Waals surface area contributed by atoms with Crippen molar-refractivity contribution in [3.8, 4) is 0 Å². The van der Waals surface area contributed by atoms with E-state index in [4.69, 9.17) is 0 Å². The Bertz CT molecular complexity index is 1440. The molecule has 0 aliphatic heterocycles. The first-order valence-electron chi connectivity index (χ1n) is 8.78.